The van der Waals surface area contributed by atoms with Gasteiger partial charge in [-0.3, -0.25) is 0 Å². The molecule has 0 unspecified atom stereocenters. The highest BCUT2D eigenvalue weighted by molar-refractivity contribution is 5.90. The molecule has 37 heavy (non-hydrogen) atoms. The highest BCUT2D eigenvalue weighted by Gasteiger charge is 2.22. The summed E-state index contributed by atoms with van der Waals surface area (Å²) in [5, 5.41) is 8.49. The van der Waals surface area contributed by atoms with E-state index >= 15 is 0 Å². The number of benzene rings is 3. The minimum atomic E-state index is 0.414. The number of anilines is 2. The Morgan fingerprint density at radius 3 is 2.03 bits per heavy atom. The first-order chi connectivity index (χ1) is 18.1. The number of rotatable bonds is 9. The van der Waals surface area contributed by atoms with Crippen molar-refractivity contribution in [1.29, 1.82) is 0 Å². The largest absolute Gasteiger partial charge is 0.362 e. The molecule has 1 saturated carbocycles. The van der Waals surface area contributed by atoms with Crippen molar-refractivity contribution in [3.63, 3.8) is 0 Å². The van der Waals surface area contributed by atoms with E-state index in [0.717, 1.165) is 61.3 Å². The maximum absolute atomic E-state index is 4.82. The van der Waals surface area contributed by atoms with Crippen LogP contribution in [-0.2, 0) is 13.0 Å². The molecule has 4 aromatic rings. The molecule has 0 atom stereocenters. The highest BCUT2D eigenvalue weighted by atomic mass is 15.2. The average Bonchev–Trinajstić information content (AvgIpc) is 2.93. The van der Waals surface area contributed by atoms with Crippen molar-refractivity contribution in [2.75, 3.05) is 24.3 Å². The lowest BCUT2D eigenvalue weighted by molar-refractivity contribution is 0.352. The Balaban J connectivity index is 1.11. The van der Waals surface area contributed by atoms with Crippen LogP contribution in [-0.4, -0.2) is 36.1 Å². The molecule has 0 aliphatic heterocycles. The number of fused-ring (bicyclic) bond motifs is 1. The van der Waals surface area contributed by atoms with Crippen molar-refractivity contribution < 1.29 is 0 Å². The van der Waals surface area contributed by atoms with Crippen molar-refractivity contribution in [1.82, 2.24) is 15.3 Å². The van der Waals surface area contributed by atoms with Crippen LogP contribution < -0.4 is 15.5 Å². The van der Waals surface area contributed by atoms with E-state index in [0.29, 0.717) is 12.1 Å². The molecule has 1 fully saturated rings. The van der Waals surface area contributed by atoms with Gasteiger partial charge < -0.3 is 15.5 Å². The van der Waals surface area contributed by atoms with Crippen molar-refractivity contribution in [2.24, 2.45) is 0 Å². The zero-order valence-electron chi connectivity index (χ0n) is 22.4. The minimum absolute atomic E-state index is 0.414. The van der Waals surface area contributed by atoms with Gasteiger partial charge in [0.05, 0.1) is 5.52 Å². The summed E-state index contributed by atoms with van der Waals surface area (Å²) < 4.78 is 0. The molecule has 5 rings (SSSR count). The van der Waals surface area contributed by atoms with Crippen molar-refractivity contribution >= 4 is 22.7 Å². The summed E-state index contributed by atoms with van der Waals surface area (Å²) in [5.74, 6) is 1.70. The Hall–Kier alpha value is -3.44. The van der Waals surface area contributed by atoms with Crippen LogP contribution in [0.2, 0.25) is 0 Å². The summed E-state index contributed by atoms with van der Waals surface area (Å²) in [6.45, 7) is 3.14. The number of aryl methyl sites for hydroxylation is 1. The van der Waals surface area contributed by atoms with Gasteiger partial charge in [-0.2, -0.15) is 4.98 Å². The summed E-state index contributed by atoms with van der Waals surface area (Å²) in [7, 11) is 4.07. The van der Waals surface area contributed by atoms with Crippen LogP contribution in [0.15, 0.2) is 72.8 Å². The number of hydrogen-bond acceptors (Lipinski definition) is 5. The van der Waals surface area contributed by atoms with Crippen molar-refractivity contribution in [3.8, 4) is 11.1 Å². The first kappa shape index (κ1) is 25.2. The van der Waals surface area contributed by atoms with E-state index in [1.807, 2.05) is 26.2 Å². The molecule has 3 aromatic carbocycles. The predicted molar refractivity (Wildman–Crippen MR) is 156 cm³/mol. The molecule has 0 amide bonds. The average molecular weight is 494 g/mol. The van der Waals surface area contributed by atoms with Gasteiger partial charge in [0.1, 0.15) is 5.82 Å². The molecule has 2 N–H and O–H groups in total. The van der Waals surface area contributed by atoms with Gasteiger partial charge in [0.15, 0.2) is 0 Å². The SMILES string of the molecule is CCCc1ccc(-c2ccc(CN[C@H]3CC[C@@H](Nc4nc(N(C)C)c5ccccc5n4)CC3)cc2)cc1. The van der Waals surface area contributed by atoms with Gasteiger partial charge in [-0.15, -0.1) is 0 Å². The normalized spacial score (nSPS) is 17.6. The fraction of sp³-hybridized carbons (Fsp3) is 0.375. The Morgan fingerprint density at radius 1 is 0.757 bits per heavy atom. The van der Waals surface area contributed by atoms with Gasteiger partial charge in [-0.1, -0.05) is 74.0 Å². The molecule has 1 aromatic heterocycles. The zero-order chi connectivity index (χ0) is 25.6. The third-order valence-corrected chi connectivity index (χ3v) is 7.44. The Labute approximate surface area is 221 Å². The number of hydrogen-bond donors (Lipinski definition) is 2. The number of aromatic nitrogens is 2. The second-order valence-corrected chi connectivity index (χ2v) is 10.5. The number of nitrogens with one attached hydrogen (secondary N) is 2. The predicted octanol–water partition coefficient (Wildman–Crippen LogP) is 6.83. The minimum Gasteiger partial charge on any atom is -0.362 e. The zero-order valence-corrected chi connectivity index (χ0v) is 22.4. The molecular weight excluding hydrogens is 454 g/mol. The molecule has 0 bridgehead atoms. The third-order valence-electron chi connectivity index (χ3n) is 7.44. The van der Waals surface area contributed by atoms with Gasteiger partial charge in [-0.25, -0.2) is 4.98 Å². The molecule has 0 radical (unpaired) electrons. The van der Waals surface area contributed by atoms with E-state index in [1.165, 1.54) is 28.7 Å². The molecule has 1 aliphatic rings. The fourth-order valence-corrected chi connectivity index (χ4v) is 5.32. The van der Waals surface area contributed by atoms with Crippen LogP contribution in [0.4, 0.5) is 11.8 Å². The molecule has 1 heterocycles. The summed E-state index contributed by atoms with van der Waals surface area (Å²) >= 11 is 0. The maximum Gasteiger partial charge on any atom is 0.225 e. The molecule has 5 nitrogen and oxygen atoms in total. The second kappa shape index (κ2) is 11.7. The van der Waals surface area contributed by atoms with Crippen molar-refractivity contribution in [3.05, 3.63) is 83.9 Å². The van der Waals surface area contributed by atoms with Crippen LogP contribution in [0.5, 0.6) is 0 Å². The Bertz CT molecular complexity index is 1290. The summed E-state index contributed by atoms with van der Waals surface area (Å²) in [6, 6.07) is 27.2. The monoisotopic (exact) mass is 493 g/mol. The standard InChI is InChI=1S/C32H39N5/c1-4-7-23-10-14-25(15-11-23)26-16-12-24(13-17-26)22-33-27-18-20-28(21-19-27)34-32-35-30-9-6-5-8-29(30)31(36-32)37(2)3/h5-6,8-17,27-28,33H,4,7,18-22H2,1-3H3,(H,34,35,36)/t27-,28+. The van der Waals surface area contributed by atoms with Gasteiger partial charge in [0.2, 0.25) is 5.95 Å². The Kier molecular flexibility index (Phi) is 8.00. The topological polar surface area (TPSA) is 53.1 Å². The maximum atomic E-state index is 4.82. The smallest absolute Gasteiger partial charge is 0.225 e. The lowest BCUT2D eigenvalue weighted by Gasteiger charge is -2.30. The molecular formula is C32H39N5. The second-order valence-electron chi connectivity index (χ2n) is 10.5. The molecule has 1 aliphatic carbocycles. The summed E-state index contributed by atoms with van der Waals surface area (Å²) in [5.41, 5.74) is 6.32. The van der Waals surface area contributed by atoms with Crippen LogP contribution in [0.3, 0.4) is 0 Å². The fourth-order valence-electron chi connectivity index (χ4n) is 5.32. The van der Waals surface area contributed by atoms with E-state index in [-0.39, 0.29) is 0 Å². The van der Waals surface area contributed by atoms with E-state index in [9.17, 15) is 0 Å². The van der Waals surface area contributed by atoms with E-state index in [4.69, 9.17) is 9.97 Å². The van der Waals surface area contributed by atoms with E-state index in [1.54, 1.807) is 0 Å². The third kappa shape index (κ3) is 6.28. The molecule has 0 saturated heterocycles. The van der Waals surface area contributed by atoms with Gasteiger partial charge in [0, 0.05) is 38.1 Å². The molecule has 5 heteroatoms. The highest BCUT2D eigenvalue weighted by Crippen LogP contribution is 2.27. The van der Waals surface area contributed by atoms with Gasteiger partial charge >= 0.3 is 0 Å². The van der Waals surface area contributed by atoms with Crippen LogP contribution in [0.25, 0.3) is 22.0 Å². The van der Waals surface area contributed by atoms with Crippen LogP contribution >= 0.6 is 0 Å². The lowest BCUT2D eigenvalue weighted by Crippen LogP contribution is -2.37. The first-order valence-electron chi connectivity index (χ1n) is 13.7. The quantitative estimate of drug-likeness (QED) is 0.268. The summed E-state index contributed by atoms with van der Waals surface area (Å²) in [4.78, 5) is 11.7. The first-order valence-corrected chi connectivity index (χ1v) is 13.7. The number of para-hydroxylation sites is 1. The van der Waals surface area contributed by atoms with E-state index in [2.05, 4.69) is 83.1 Å². The lowest BCUT2D eigenvalue weighted by atomic mass is 9.91. The van der Waals surface area contributed by atoms with E-state index < -0.39 is 0 Å². The molecule has 0 spiro atoms. The number of nitrogens with zero attached hydrogens (tertiary/aromatic N) is 3. The Morgan fingerprint density at radius 2 is 1.38 bits per heavy atom. The molecule has 192 valence electrons. The van der Waals surface area contributed by atoms with Gasteiger partial charge in [0.25, 0.3) is 0 Å². The summed E-state index contributed by atoms with van der Waals surface area (Å²) in [6.07, 6.45) is 6.91. The van der Waals surface area contributed by atoms with Gasteiger partial charge in [-0.05, 0) is 66.5 Å². The van der Waals surface area contributed by atoms with Crippen LogP contribution in [0.1, 0.15) is 50.2 Å². The van der Waals surface area contributed by atoms with Crippen LogP contribution in [0, 0.1) is 0 Å². The van der Waals surface area contributed by atoms with Crippen molar-refractivity contribution in [2.45, 2.75) is 64.1 Å².